The molecule has 0 radical (unpaired) electrons. The molecule has 0 unspecified atom stereocenters. The number of aliphatic hydroxyl groups excluding tert-OH is 1. The normalized spacial score (nSPS) is 25.4. The van der Waals surface area contributed by atoms with Gasteiger partial charge in [0, 0.05) is 18.7 Å². The second-order valence-corrected chi connectivity index (χ2v) is 4.75. The Labute approximate surface area is 92.9 Å². The lowest BCUT2D eigenvalue weighted by Gasteiger charge is -2.11. The van der Waals surface area contributed by atoms with E-state index >= 15 is 0 Å². The second kappa shape index (κ2) is 4.79. The molecule has 0 aromatic heterocycles. The molecule has 1 saturated heterocycles. The van der Waals surface area contributed by atoms with Crippen molar-refractivity contribution in [3.05, 3.63) is 35.9 Å². The fraction of sp³-hybridized carbons (Fsp3) is 0.364. The number of aliphatic hydroxyl groups is 1. The summed E-state index contributed by atoms with van der Waals surface area (Å²) in [7, 11) is 0. The van der Waals surface area contributed by atoms with Crippen molar-refractivity contribution in [3.8, 4) is 0 Å². The minimum atomic E-state index is -0.414. The molecule has 0 bridgehead atoms. The molecule has 1 aromatic carbocycles. The molecule has 0 amide bonds. The molecule has 4 heteroatoms. The number of thioether (sulfide) groups is 1. The molecule has 2 atom stereocenters. The lowest BCUT2D eigenvalue weighted by atomic mass is 10.2. The van der Waals surface area contributed by atoms with Gasteiger partial charge in [0.2, 0.25) is 5.12 Å². The Bertz CT molecular complexity index is 342. The number of benzene rings is 1. The van der Waals surface area contributed by atoms with E-state index < -0.39 is 6.10 Å². The first-order valence-electron chi connectivity index (χ1n) is 4.92. The number of rotatable bonds is 2. The lowest BCUT2D eigenvalue weighted by Crippen LogP contribution is -2.21. The highest BCUT2D eigenvalue weighted by Gasteiger charge is 2.27. The molecule has 3 nitrogen and oxygen atoms in total. The Hall–Kier alpha value is -0.840. The van der Waals surface area contributed by atoms with Gasteiger partial charge in [-0.3, -0.25) is 4.79 Å². The molecule has 80 valence electrons. The van der Waals surface area contributed by atoms with E-state index in [-0.39, 0.29) is 10.4 Å². The highest BCUT2D eigenvalue weighted by molar-refractivity contribution is 8.14. The zero-order valence-corrected chi connectivity index (χ0v) is 9.04. The van der Waals surface area contributed by atoms with Crippen molar-refractivity contribution in [1.82, 2.24) is 5.32 Å². The van der Waals surface area contributed by atoms with Crippen LogP contribution in [-0.2, 0) is 0 Å². The molecule has 0 aliphatic carbocycles. The Morgan fingerprint density at radius 3 is 2.67 bits per heavy atom. The van der Waals surface area contributed by atoms with Crippen molar-refractivity contribution in [2.45, 2.75) is 11.4 Å². The summed E-state index contributed by atoms with van der Waals surface area (Å²) < 4.78 is 0. The van der Waals surface area contributed by atoms with Crippen LogP contribution in [0.3, 0.4) is 0 Å². The summed E-state index contributed by atoms with van der Waals surface area (Å²) in [5.74, 6) is 0. The van der Waals surface area contributed by atoms with Gasteiger partial charge in [0.05, 0.1) is 11.4 Å². The van der Waals surface area contributed by atoms with Gasteiger partial charge < -0.3 is 10.4 Å². The van der Waals surface area contributed by atoms with Crippen LogP contribution in [0.5, 0.6) is 0 Å². The Morgan fingerprint density at radius 2 is 2.07 bits per heavy atom. The molecule has 15 heavy (non-hydrogen) atoms. The number of hydrogen-bond acceptors (Lipinski definition) is 4. The Morgan fingerprint density at radius 1 is 1.33 bits per heavy atom. The molecular formula is C11H13NO2S. The zero-order valence-electron chi connectivity index (χ0n) is 8.22. The first-order valence-corrected chi connectivity index (χ1v) is 5.80. The summed E-state index contributed by atoms with van der Waals surface area (Å²) in [6.07, 6.45) is -0.414. The highest BCUT2D eigenvalue weighted by Crippen LogP contribution is 2.22. The summed E-state index contributed by atoms with van der Waals surface area (Å²) in [6, 6.07) is 9.16. The predicted octanol–water partition coefficient (Wildman–Crippen LogP) is 0.893. The van der Waals surface area contributed by atoms with Gasteiger partial charge in [-0.2, -0.15) is 0 Å². The number of carbonyl (C=O) groups excluding carboxylic acids is 1. The molecule has 1 aliphatic heterocycles. The van der Waals surface area contributed by atoms with Crippen LogP contribution in [0.4, 0.5) is 0 Å². The topological polar surface area (TPSA) is 49.3 Å². The van der Waals surface area contributed by atoms with E-state index in [0.29, 0.717) is 18.7 Å². The Balaban J connectivity index is 1.98. The SMILES string of the molecule is O=C(S[C@@H]1CNC[C@H]1O)c1ccccc1. The molecule has 1 heterocycles. The third kappa shape index (κ3) is 2.59. The average Bonchev–Trinajstić information content (AvgIpc) is 2.66. The maximum atomic E-state index is 11.8. The van der Waals surface area contributed by atoms with Crippen molar-refractivity contribution < 1.29 is 9.90 Å². The molecule has 2 N–H and O–H groups in total. The number of carbonyl (C=O) groups is 1. The van der Waals surface area contributed by atoms with E-state index in [1.165, 1.54) is 11.8 Å². The van der Waals surface area contributed by atoms with E-state index in [2.05, 4.69) is 5.32 Å². The van der Waals surface area contributed by atoms with Gasteiger partial charge in [0.25, 0.3) is 0 Å². The van der Waals surface area contributed by atoms with Crippen molar-refractivity contribution in [3.63, 3.8) is 0 Å². The second-order valence-electron chi connectivity index (χ2n) is 3.54. The van der Waals surface area contributed by atoms with E-state index in [1.807, 2.05) is 18.2 Å². The molecule has 1 aliphatic rings. The summed E-state index contributed by atoms with van der Waals surface area (Å²) in [6.45, 7) is 1.28. The van der Waals surface area contributed by atoms with Gasteiger partial charge >= 0.3 is 0 Å². The van der Waals surface area contributed by atoms with Crippen LogP contribution < -0.4 is 5.32 Å². The summed E-state index contributed by atoms with van der Waals surface area (Å²) in [4.78, 5) is 11.8. The van der Waals surface area contributed by atoms with Gasteiger partial charge in [-0.25, -0.2) is 0 Å². The third-order valence-electron chi connectivity index (χ3n) is 2.40. The number of β-amino-alcohol motifs (C(OH)–C–C–N with tert-alkyl or cyclic N) is 1. The van der Waals surface area contributed by atoms with E-state index in [0.717, 1.165) is 0 Å². The monoisotopic (exact) mass is 223 g/mol. The maximum Gasteiger partial charge on any atom is 0.219 e. The minimum absolute atomic E-state index is 0.0160. The van der Waals surface area contributed by atoms with Crippen LogP contribution in [0.1, 0.15) is 10.4 Å². The maximum absolute atomic E-state index is 11.8. The fourth-order valence-corrected chi connectivity index (χ4v) is 2.54. The quantitative estimate of drug-likeness (QED) is 0.782. The number of hydrogen-bond donors (Lipinski definition) is 2. The average molecular weight is 223 g/mol. The molecule has 0 spiro atoms. The highest BCUT2D eigenvalue weighted by atomic mass is 32.2. The minimum Gasteiger partial charge on any atom is -0.391 e. The molecular weight excluding hydrogens is 210 g/mol. The molecule has 0 saturated carbocycles. The van der Waals surface area contributed by atoms with Crippen LogP contribution in [0.2, 0.25) is 0 Å². The van der Waals surface area contributed by atoms with Gasteiger partial charge in [-0.05, 0) is 0 Å². The van der Waals surface area contributed by atoms with Gasteiger partial charge in [0.15, 0.2) is 0 Å². The predicted molar refractivity (Wildman–Crippen MR) is 61.0 cm³/mol. The number of nitrogens with one attached hydrogen (secondary N) is 1. The van der Waals surface area contributed by atoms with Crippen LogP contribution in [0, 0.1) is 0 Å². The summed E-state index contributed by atoms with van der Waals surface area (Å²) >= 11 is 1.22. The largest absolute Gasteiger partial charge is 0.391 e. The van der Waals surface area contributed by atoms with E-state index in [4.69, 9.17) is 0 Å². The first-order chi connectivity index (χ1) is 7.27. The fourth-order valence-electron chi connectivity index (χ4n) is 1.54. The van der Waals surface area contributed by atoms with Crippen molar-refractivity contribution in [1.29, 1.82) is 0 Å². The van der Waals surface area contributed by atoms with E-state index in [1.54, 1.807) is 12.1 Å². The van der Waals surface area contributed by atoms with Crippen LogP contribution in [0.25, 0.3) is 0 Å². The van der Waals surface area contributed by atoms with Crippen molar-refractivity contribution >= 4 is 16.9 Å². The van der Waals surface area contributed by atoms with Crippen LogP contribution in [0.15, 0.2) is 30.3 Å². The Kier molecular flexibility index (Phi) is 3.41. The molecule has 2 rings (SSSR count). The molecule has 1 fully saturated rings. The summed E-state index contributed by atoms with van der Waals surface area (Å²) in [5, 5.41) is 12.6. The standard InChI is InChI=1S/C11H13NO2S/c13-9-6-12-7-10(9)15-11(14)8-4-2-1-3-5-8/h1-5,9-10,12-13H,6-7H2/t9-,10-/m1/s1. The summed E-state index contributed by atoms with van der Waals surface area (Å²) in [5.41, 5.74) is 0.696. The zero-order chi connectivity index (χ0) is 10.7. The van der Waals surface area contributed by atoms with Gasteiger partial charge in [0.1, 0.15) is 0 Å². The van der Waals surface area contributed by atoms with Crippen LogP contribution >= 0.6 is 11.8 Å². The lowest BCUT2D eigenvalue weighted by molar-refractivity contribution is 0.108. The van der Waals surface area contributed by atoms with Crippen molar-refractivity contribution in [2.75, 3.05) is 13.1 Å². The van der Waals surface area contributed by atoms with E-state index in [9.17, 15) is 9.90 Å². The van der Waals surface area contributed by atoms with Gasteiger partial charge in [-0.1, -0.05) is 42.1 Å². The smallest absolute Gasteiger partial charge is 0.219 e. The first kappa shape index (κ1) is 10.7. The van der Waals surface area contributed by atoms with Gasteiger partial charge in [-0.15, -0.1) is 0 Å². The molecule has 1 aromatic rings. The van der Waals surface area contributed by atoms with Crippen LogP contribution in [-0.4, -0.2) is 34.7 Å². The van der Waals surface area contributed by atoms with Crippen molar-refractivity contribution in [2.24, 2.45) is 0 Å². The third-order valence-corrected chi connectivity index (χ3v) is 3.63.